The summed E-state index contributed by atoms with van der Waals surface area (Å²) in [5, 5.41) is 42.3. The minimum atomic E-state index is -4.46. The van der Waals surface area contributed by atoms with Crippen molar-refractivity contribution >= 4 is 43.4 Å². The van der Waals surface area contributed by atoms with Gasteiger partial charge >= 0.3 is 16.1 Å². The number of ether oxygens (including phenoxy) is 1. The van der Waals surface area contributed by atoms with E-state index in [4.69, 9.17) is 19.8 Å². The van der Waals surface area contributed by atoms with E-state index >= 15 is 0 Å². The number of anilines is 1. The Kier molecular flexibility index (Phi) is 8.16. The number of aliphatic hydroxyl groups is 3. The van der Waals surface area contributed by atoms with E-state index in [1.54, 1.807) is 19.1 Å². The first-order valence-corrected chi connectivity index (χ1v) is 15.2. The molecule has 2 unspecified atom stereocenters. The van der Waals surface area contributed by atoms with Gasteiger partial charge in [0.25, 0.3) is 0 Å². The predicted molar refractivity (Wildman–Crippen MR) is 140 cm³/mol. The highest BCUT2D eigenvalue weighted by atomic mass is 32.3. The van der Waals surface area contributed by atoms with Crippen LogP contribution in [0.2, 0.25) is 0 Å². The SMILES string of the molecule is Cc1ccc(S(=O)(=O)OS(C)(CC[C@H](N)C(=O)O)C(O)[C@H]2O[C@@H](n3cnc4c(N)ncnc43)[C@H](O)[C@@H]2O)cc1. The van der Waals surface area contributed by atoms with Gasteiger partial charge in [-0.05, 0) is 31.7 Å². The van der Waals surface area contributed by atoms with Gasteiger partial charge in [-0.1, -0.05) is 28.0 Å². The highest BCUT2D eigenvalue weighted by Crippen LogP contribution is 2.55. The van der Waals surface area contributed by atoms with Gasteiger partial charge in [0, 0.05) is 5.75 Å². The highest BCUT2D eigenvalue weighted by molar-refractivity contribution is 8.32. The number of fused-ring (bicyclic) bond motifs is 1. The van der Waals surface area contributed by atoms with Crippen LogP contribution in [0.25, 0.3) is 11.2 Å². The number of carbonyl (C=O) groups is 1. The number of hydrogen-bond acceptors (Lipinski definition) is 13. The average molecular weight is 587 g/mol. The van der Waals surface area contributed by atoms with Crippen LogP contribution >= 0.6 is 10.3 Å². The van der Waals surface area contributed by atoms with E-state index in [9.17, 15) is 33.6 Å². The molecule has 39 heavy (non-hydrogen) atoms. The first-order chi connectivity index (χ1) is 18.2. The molecule has 0 amide bonds. The molecule has 1 aromatic carbocycles. The van der Waals surface area contributed by atoms with Gasteiger partial charge in [-0.2, -0.15) is 8.42 Å². The lowest BCUT2D eigenvalue weighted by molar-refractivity contribution is -0.138. The summed E-state index contributed by atoms with van der Waals surface area (Å²) in [6, 6.07) is 4.42. The Morgan fingerprint density at radius 1 is 1.18 bits per heavy atom. The summed E-state index contributed by atoms with van der Waals surface area (Å²) < 4.78 is 39.1. The van der Waals surface area contributed by atoms with Crippen molar-refractivity contribution in [3.63, 3.8) is 0 Å². The maximum absolute atomic E-state index is 13.2. The summed E-state index contributed by atoms with van der Waals surface area (Å²) in [6.07, 6.45) is -2.64. The van der Waals surface area contributed by atoms with Gasteiger partial charge < -0.3 is 36.6 Å². The average Bonchev–Trinajstić information content (AvgIpc) is 3.43. The Labute approximate surface area is 225 Å². The van der Waals surface area contributed by atoms with Gasteiger partial charge in [-0.25, -0.2) is 18.6 Å². The minimum absolute atomic E-state index is 0.0740. The molecule has 214 valence electrons. The zero-order chi connectivity index (χ0) is 28.7. The van der Waals surface area contributed by atoms with Crippen molar-refractivity contribution < 1.29 is 42.0 Å². The zero-order valence-electron chi connectivity index (χ0n) is 20.9. The summed E-state index contributed by atoms with van der Waals surface area (Å²) >= 11 is 0. The van der Waals surface area contributed by atoms with E-state index in [-0.39, 0.29) is 34.1 Å². The van der Waals surface area contributed by atoms with Crippen LogP contribution in [0.5, 0.6) is 0 Å². The number of nitrogen functional groups attached to an aromatic ring is 1. The zero-order valence-corrected chi connectivity index (χ0v) is 22.6. The quantitative estimate of drug-likeness (QED) is 0.170. The van der Waals surface area contributed by atoms with E-state index in [0.717, 1.165) is 5.56 Å². The predicted octanol–water partition coefficient (Wildman–Crippen LogP) is -0.789. The maximum atomic E-state index is 13.2. The molecule has 17 heteroatoms. The molecule has 0 aliphatic carbocycles. The maximum Gasteiger partial charge on any atom is 0.320 e. The van der Waals surface area contributed by atoms with Crippen LogP contribution in [0.4, 0.5) is 5.82 Å². The Balaban J connectivity index is 1.66. The summed E-state index contributed by atoms with van der Waals surface area (Å²) in [5.41, 5.74) is 10.9. The molecule has 0 radical (unpaired) electrons. The monoisotopic (exact) mass is 586 g/mol. The van der Waals surface area contributed by atoms with Gasteiger partial charge in [0.05, 0.1) is 11.2 Å². The molecule has 3 aromatic rings. The van der Waals surface area contributed by atoms with Crippen LogP contribution in [0.3, 0.4) is 0 Å². The number of carboxylic acids is 1. The minimum Gasteiger partial charge on any atom is -0.480 e. The van der Waals surface area contributed by atoms with Crippen molar-refractivity contribution in [1.29, 1.82) is 0 Å². The van der Waals surface area contributed by atoms with Gasteiger partial charge in [0.1, 0.15) is 41.6 Å². The van der Waals surface area contributed by atoms with Gasteiger partial charge in [0.15, 0.2) is 17.7 Å². The second-order valence-corrected chi connectivity index (χ2v) is 14.2. The standard InChI is InChI=1S/C22H30N6O9S2/c1-11-3-5-12(6-4-11)39(34,35)37-38(2,8-7-13(23)21(31)32)22(33)17-15(29)16(30)20(36-17)28-10-27-14-18(24)25-9-26-19(14)28/h3-6,9-10,13,15-17,20,22,29-30,33H,7-8,23H2,1-2H3,(H,31,32)(H2,24,25,26)/t13-,15-,16+,17-,20+,22?/m0/s1. The van der Waals surface area contributed by atoms with Crippen LogP contribution in [-0.2, 0) is 23.3 Å². The van der Waals surface area contributed by atoms with E-state index in [1.165, 1.54) is 35.6 Å². The van der Waals surface area contributed by atoms with E-state index < -0.39 is 62.4 Å². The number of aryl methyl sites for hydroxylation is 1. The first-order valence-electron chi connectivity index (χ1n) is 11.6. The van der Waals surface area contributed by atoms with Gasteiger partial charge in [-0.3, -0.25) is 9.36 Å². The van der Waals surface area contributed by atoms with Crippen LogP contribution in [0, 0.1) is 6.92 Å². The van der Waals surface area contributed by atoms with Crippen molar-refractivity contribution in [1.82, 2.24) is 19.5 Å². The number of imidazole rings is 1. The molecule has 1 aliphatic rings. The molecule has 2 aromatic heterocycles. The van der Waals surface area contributed by atoms with Gasteiger partial charge in [0.2, 0.25) is 0 Å². The Bertz CT molecular complexity index is 1450. The fraction of sp³-hybridized carbons (Fsp3) is 0.455. The molecule has 1 aliphatic heterocycles. The second-order valence-electron chi connectivity index (χ2n) is 9.29. The molecule has 0 bridgehead atoms. The lowest BCUT2D eigenvalue weighted by Crippen LogP contribution is -2.43. The van der Waals surface area contributed by atoms with E-state index in [0.29, 0.717) is 0 Å². The molecular formula is C22H30N6O9S2. The Hall–Kier alpha value is -2.90. The molecule has 1 saturated heterocycles. The largest absolute Gasteiger partial charge is 0.480 e. The Morgan fingerprint density at radius 2 is 1.85 bits per heavy atom. The fourth-order valence-electron chi connectivity index (χ4n) is 4.12. The van der Waals surface area contributed by atoms with Crippen molar-refractivity contribution in [3.8, 4) is 0 Å². The number of nitrogens with two attached hydrogens (primary N) is 2. The van der Waals surface area contributed by atoms with Crippen LogP contribution in [-0.4, -0.2) is 96.1 Å². The van der Waals surface area contributed by atoms with Gasteiger partial charge in [-0.15, -0.1) is 0 Å². The molecular weight excluding hydrogens is 556 g/mol. The number of carboxylic acid groups (broad SMARTS) is 1. The third-order valence-corrected chi connectivity index (χ3v) is 11.6. The first kappa shape index (κ1) is 29.1. The lowest BCUT2D eigenvalue weighted by atomic mass is 10.1. The normalized spacial score (nSPS) is 25.7. The molecule has 8 N–H and O–H groups in total. The van der Waals surface area contributed by atoms with Crippen LogP contribution < -0.4 is 11.5 Å². The van der Waals surface area contributed by atoms with E-state index in [2.05, 4.69) is 15.0 Å². The van der Waals surface area contributed by atoms with Crippen molar-refractivity contribution in [2.75, 3.05) is 17.7 Å². The van der Waals surface area contributed by atoms with Crippen molar-refractivity contribution in [2.24, 2.45) is 5.73 Å². The molecule has 3 heterocycles. The Morgan fingerprint density at radius 3 is 2.49 bits per heavy atom. The fourth-order valence-corrected chi connectivity index (χ4v) is 8.89. The second kappa shape index (κ2) is 10.9. The molecule has 0 saturated carbocycles. The van der Waals surface area contributed by atoms with E-state index in [1.807, 2.05) is 0 Å². The number of aliphatic carboxylic acids is 1. The number of nitrogens with zero attached hydrogens (tertiary/aromatic N) is 4. The summed E-state index contributed by atoms with van der Waals surface area (Å²) in [6.45, 7) is 1.77. The lowest BCUT2D eigenvalue weighted by Gasteiger charge is -2.41. The number of aromatic nitrogens is 4. The molecule has 15 nitrogen and oxygen atoms in total. The summed E-state index contributed by atoms with van der Waals surface area (Å²) in [7, 11) is -7.64. The third-order valence-electron chi connectivity index (χ3n) is 6.43. The number of rotatable bonds is 10. The molecule has 7 atom stereocenters. The summed E-state index contributed by atoms with van der Waals surface area (Å²) in [4.78, 5) is 23.2. The molecule has 0 spiro atoms. The number of benzene rings is 1. The summed E-state index contributed by atoms with van der Waals surface area (Å²) in [5.74, 6) is -1.53. The molecule has 1 fully saturated rings. The van der Waals surface area contributed by atoms with Crippen molar-refractivity contribution in [2.45, 2.75) is 54.3 Å². The van der Waals surface area contributed by atoms with Crippen LogP contribution in [0.1, 0.15) is 18.2 Å². The smallest absolute Gasteiger partial charge is 0.320 e. The topological polar surface area (TPSA) is 246 Å². The third kappa shape index (κ3) is 5.71. The number of hydrogen-bond donors (Lipinski definition) is 6. The highest BCUT2D eigenvalue weighted by Gasteiger charge is 2.52. The van der Waals surface area contributed by atoms with Crippen LogP contribution in [0.15, 0.2) is 41.8 Å². The molecule has 4 rings (SSSR count). The van der Waals surface area contributed by atoms with Crippen molar-refractivity contribution in [3.05, 3.63) is 42.5 Å². The number of aliphatic hydroxyl groups excluding tert-OH is 3.